The number of rotatable bonds is 4. The largest absolute Gasteiger partial charge is 0.331 e. The van der Waals surface area contributed by atoms with Gasteiger partial charge in [-0.15, -0.1) is 0 Å². The maximum Gasteiger partial charge on any atom is 0.106 e. The lowest BCUT2D eigenvalue weighted by Crippen LogP contribution is -2.21. The molecule has 0 bridgehead atoms. The fourth-order valence-corrected chi connectivity index (χ4v) is 2.88. The van der Waals surface area contributed by atoms with Gasteiger partial charge in [0, 0.05) is 13.6 Å². The Labute approximate surface area is 108 Å². The predicted octanol–water partition coefficient (Wildman–Crippen LogP) is 2.42. The predicted molar refractivity (Wildman–Crippen MR) is 74.7 cm³/mol. The number of nitrogens with one attached hydrogen (secondary N) is 1. The number of imidazole rings is 1. The second kappa shape index (κ2) is 4.09. The van der Waals surface area contributed by atoms with E-state index in [1.165, 1.54) is 30.3 Å². The zero-order valence-electron chi connectivity index (χ0n) is 11.5. The van der Waals surface area contributed by atoms with Gasteiger partial charge in [-0.25, -0.2) is 4.98 Å². The van der Waals surface area contributed by atoms with Crippen LogP contribution in [0.15, 0.2) is 18.2 Å². The van der Waals surface area contributed by atoms with Crippen LogP contribution in [0.2, 0.25) is 0 Å². The first kappa shape index (κ1) is 11.7. The Morgan fingerprint density at radius 3 is 2.83 bits per heavy atom. The van der Waals surface area contributed by atoms with Crippen molar-refractivity contribution in [3.8, 4) is 0 Å². The fraction of sp³-hybridized carbons (Fsp3) is 0.533. The highest BCUT2D eigenvalue weighted by Crippen LogP contribution is 2.47. The van der Waals surface area contributed by atoms with E-state index >= 15 is 0 Å². The molecule has 0 amide bonds. The zero-order valence-corrected chi connectivity index (χ0v) is 11.5. The van der Waals surface area contributed by atoms with Crippen LogP contribution in [0.5, 0.6) is 0 Å². The molecule has 0 radical (unpaired) electrons. The Kier molecular flexibility index (Phi) is 2.67. The van der Waals surface area contributed by atoms with Gasteiger partial charge in [0.2, 0.25) is 0 Å². The van der Waals surface area contributed by atoms with Crippen molar-refractivity contribution in [2.45, 2.75) is 26.2 Å². The topological polar surface area (TPSA) is 29.9 Å². The number of aryl methyl sites for hydroxylation is 2. The highest BCUT2D eigenvalue weighted by Gasteiger charge is 2.41. The Morgan fingerprint density at radius 2 is 2.17 bits per heavy atom. The molecule has 18 heavy (non-hydrogen) atoms. The van der Waals surface area contributed by atoms with Crippen LogP contribution in [0.25, 0.3) is 11.0 Å². The van der Waals surface area contributed by atoms with E-state index in [0.29, 0.717) is 5.41 Å². The van der Waals surface area contributed by atoms with Gasteiger partial charge in [0.15, 0.2) is 0 Å². The Bertz CT molecular complexity index is 579. The summed E-state index contributed by atoms with van der Waals surface area (Å²) in [6.07, 6.45) is 3.89. The highest BCUT2D eigenvalue weighted by atomic mass is 15.0. The average Bonchev–Trinajstić information content (AvgIpc) is 3.02. The van der Waals surface area contributed by atoms with E-state index in [0.717, 1.165) is 17.9 Å². The quantitative estimate of drug-likeness (QED) is 0.893. The van der Waals surface area contributed by atoms with Crippen molar-refractivity contribution >= 4 is 11.0 Å². The van der Waals surface area contributed by atoms with Gasteiger partial charge in [-0.3, -0.25) is 0 Å². The summed E-state index contributed by atoms with van der Waals surface area (Å²) >= 11 is 0. The molecule has 0 aliphatic heterocycles. The van der Waals surface area contributed by atoms with Gasteiger partial charge in [0.05, 0.1) is 11.0 Å². The third kappa shape index (κ3) is 1.93. The van der Waals surface area contributed by atoms with Crippen LogP contribution >= 0.6 is 0 Å². The molecule has 96 valence electrons. The molecule has 0 unspecified atom stereocenters. The van der Waals surface area contributed by atoms with E-state index in [4.69, 9.17) is 0 Å². The average molecular weight is 243 g/mol. The second-order valence-corrected chi connectivity index (χ2v) is 5.75. The summed E-state index contributed by atoms with van der Waals surface area (Å²) in [7, 11) is 4.12. The van der Waals surface area contributed by atoms with Gasteiger partial charge in [0.25, 0.3) is 0 Å². The van der Waals surface area contributed by atoms with Crippen LogP contribution in [0.4, 0.5) is 0 Å². The van der Waals surface area contributed by atoms with E-state index in [2.05, 4.69) is 47.0 Å². The van der Waals surface area contributed by atoms with E-state index in [1.807, 2.05) is 7.05 Å². The number of nitrogens with zero attached hydrogens (tertiary/aromatic N) is 2. The van der Waals surface area contributed by atoms with E-state index in [1.54, 1.807) is 0 Å². The molecule has 3 rings (SSSR count). The molecule has 0 saturated heterocycles. The highest BCUT2D eigenvalue weighted by molar-refractivity contribution is 5.76. The van der Waals surface area contributed by atoms with E-state index < -0.39 is 0 Å². The fourth-order valence-electron chi connectivity index (χ4n) is 2.88. The summed E-state index contributed by atoms with van der Waals surface area (Å²) in [5.41, 5.74) is 4.31. The van der Waals surface area contributed by atoms with Crippen molar-refractivity contribution in [1.82, 2.24) is 14.9 Å². The first-order valence-electron chi connectivity index (χ1n) is 6.70. The van der Waals surface area contributed by atoms with Crippen molar-refractivity contribution < 1.29 is 0 Å². The molecule has 1 heterocycles. The molecule has 3 nitrogen and oxygen atoms in total. The van der Waals surface area contributed by atoms with Gasteiger partial charge >= 0.3 is 0 Å². The number of hydrogen-bond donors (Lipinski definition) is 1. The van der Waals surface area contributed by atoms with Gasteiger partial charge in [-0.2, -0.15) is 0 Å². The number of benzene rings is 1. The van der Waals surface area contributed by atoms with Crippen LogP contribution < -0.4 is 5.32 Å². The molecule has 0 atom stereocenters. The third-order valence-corrected chi connectivity index (χ3v) is 4.26. The standard InChI is InChI=1S/C15H21N3/c1-11-17-13-8-12(4-5-14(13)18(11)3)9-15(6-7-15)10-16-2/h4-5,8,16H,6-7,9-10H2,1-3H3. The zero-order chi connectivity index (χ0) is 12.8. The van der Waals surface area contributed by atoms with E-state index in [-0.39, 0.29) is 0 Å². The summed E-state index contributed by atoms with van der Waals surface area (Å²) in [6, 6.07) is 6.73. The van der Waals surface area contributed by atoms with Crippen LogP contribution in [-0.4, -0.2) is 23.1 Å². The minimum Gasteiger partial charge on any atom is -0.331 e. The summed E-state index contributed by atoms with van der Waals surface area (Å²) in [6.45, 7) is 3.19. The lowest BCUT2D eigenvalue weighted by Gasteiger charge is -2.14. The summed E-state index contributed by atoms with van der Waals surface area (Å²) in [5, 5.41) is 3.32. The van der Waals surface area contributed by atoms with Crippen LogP contribution in [0.3, 0.4) is 0 Å². The summed E-state index contributed by atoms with van der Waals surface area (Å²) in [4.78, 5) is 4.62. The smallest absolute Gasteiger partial charge is 0.106 e. The minimum atomic E-state index is 0.520. The first-order chi connectivity index (χ1) is 8.63. The first-order valence-corrected chi connectivity index (χ1v) is 6.70. The lowest BCUT2D eigenvalue weighted by molar-refractivity contribution is 0.478. The van der Waals surface area contributed by atoms with Crippen LogP contribution in [0, 0.1) is 12.3 Å². The van der Waals surface area contributed by atoms with E-state index in [9.17, 15) is 0 Å². The third-order valence-electron chi connectivity index (χ3n) is 4.26. The van der Waals surface area contributed by atoms with Crippen molar-refractivity contribution in [2.24, 2.45) is 12.5 Å². The Hall–Kier alpha value is -1.35. The van der Waals surface area contributed by atoms with Gasteiger partial charge in [0.1, 0.15) is 5.82 Å². The van der Waals surface area contributed by atoms with Crippen molar-refractivity contribution in [1.29, 1.82) is 0 Å². The van der Waals surface area contributed by atoms with Crippen LogP contribution in [0.1, 0.15) is 24.2 Å². The van der Waals surface area contributed by atoms with Crippen LogP contribution in [-0.2, 0) is 13.5 Å². The molecule has 1 aromatic carbocycles. The van der Waals surface area contributed by atoms with Gasteiger partial charge < -0.3 is 9.88 Å². The van der Waals surface area contributed by atoms with Gasteiger partial charge in [-0.05, 0) is 56.3 Å². The SMILES string of the molecule is CNCC1(Cc2ccc3c(c2)nc(C)n3C)CC1. The molecule has 1 saturated carbocycles. The van der Waals surface area contributed by atoms with Crippen molar-refractivity contribution in [3.05, 3.63) is 29.6 Å². The monoisotopic (exact) mass is 243 g/mol. The van der Waals surface area contributed by atoms with Crippen molar-refractivity contribution in [3.63, 3.8) is 0 Å². The number of fused-ring (bicyclic) bond motifs is 1. The maximum absolute atomic E-state index is 4.62. The molecule has 1 aliphatic carbocycles. The summed E-state index contributed by atoms with van der Waals surface area (Å²) in [5.74, 6) is 1.08. The Balaban J connectivity index is 1.90. The summed E-state index contributed by atoms with van der Waals surface area (Å²) < 4.78 is 2.15. The maximum atomic E-state index is 4.62. The number of hydrogen-bond acceptors (Lipinski definition) is 2. The van der Waals surface area contributed by atoms with Gasteiger partial charge in [-0.1, -0.05) is 6.07 Å². The molecular formula is C15H21N3. The molecule has 1 fully saturated rings. The molecular weight excluding hydrogens is 222 g/mol. The normalized spacial score (nSPS) is 17.3. The molecule has 0 spiro atoms. The molecule has 1 N–H and O–H groups in total. The molecule has 1 aromatic heterocycles. The molecule has 2 aromatic rings. The minimum absolute atomic E-state index is 0.520. The van der Waals surface area contributed by atoms with Crippen molar-refractivity contribution in [2.75, 3.05) is 13.6 Å². The lowest BCUT2D eigenvalue weighted by atomic mass is 9.96. The number of aromatic nitrogens is 2. The Morgan fingerprint density at radius 1 is 1.39 bits per heavy atom. The molecule has 3 heteroatoms. The second-order valence-electron chi connectivity index (χ2n) is 5.75. The molecule has 1 aliphatic rings.